The predicted octanol–water partition coefficient (Wildman–Crippen LogP) is 0.921. The van der Waals surface area contributed by atoms with Gasteiger partial charge in [-0.15, -0.1) is 0 Å². The summed E-state index contributed by atoms with van der Waals surface area (Å²) in [4.78, 5) is 11.8. The van der Waals surface area contributed by atoms with Crippen molar-refractivity contribution in [2.24, 2.45) is 0 Å². The predicted molar refractivity (Wildman–Crippen MR) is 67.1 cm³/mol. The average Bonchev–Trinajstić information content (AvgIpc) is 2.86. The molecule has 0 aromatic carbocycles. The van der Waals surface area contributed by atoms with E-state index in [1.807, 2.05) is 20.8 Å². The monoisotopic (exact) mass is 271 g/mol. The molecule has 0 aliphatic carbocycles. The quantitative estimate of drug-likeness (QED) is 0.750. The van der Waals surface area contributed by atoms with Gasteiger partial charge in [-0.05, 0) is 20.3 Å². The van der Waals surface area contributed by atoms with E-state index in [9.17, 15) is 4.79 Å². The Morgan fingerprint density at radius 3 is 2.74 bits per heavy atom. The minimum absolute atomic E-state index is 0.228. The summed E-state index contributed by atoms with van der Waals surface area (Å²) in [5.74, 6) is -0.880. The zero-order valence-corrected chi connectivity index (χ0v) is 11.8. The van der Waals surface area contributed by atoms with Crippen molar-refractivity contribution in [1.29, 1.82) is 0 Å². The van der Waals surface area contributed by atoms with E-state index < -0.39 is 17.9 Å². The third-order valence-electron chi connectivity index (χ3n) is 3.09. The summed E-state index contributed by atoms with van der Waals surface area (Å²) in [6.45, 7) is 6.85. The van der Waals surface area contributed by atoms with Crippen molar-refractivity contribution in [1.82, 2.24) is 5.32 Å². The van der Waals surface area contributed by atoms with Crippen LogP contribution in [0.2, 0.25) is 0 Å². The van der Waals surface area contributed by atoms with Crippen LogP contribution in [-0.2, 0) is 23.7 Å². The fourth-order valence-electron chi connectivity index (χ4n) is 2.23. The topological polar surface area (TPSA) is 66.0 Å². The Morgan fingerprint density at radius 1 is 1.47 bits per heavy atom. The molecule has 0 spiro atoms. The molecule has 2 aliphatic rings. The van der Waals surface area contributed by atoms with Gasteiger partial charge in [-0.2, -0.15) is 0 Å². The Morgan fingerprint density at radius 2 is 2.21 bits per heavy atom. The van der Waals surface area contributed by atoms with Crippen molar-refractivity contribution in [2.75, 3.05) is 20.3 Å². The molecule has 0 radical (unpaired) electrons. The molecule has 2 rings (SSSR count). The molecule has 2 atom stereocenters. The molecule has 0 bridgehead atoms. The first-order chi connectivity index (χ1) is 8.98. The summed E-state index contributed by atoms with van der Waals surface area (Å²) in [5.41, 5.74) is 0.653. The lowest BCUT2D eigenvalue weighted by Crippen LogP contribution is -2.37. The summed E-state index contributed by atoms with van der Waals surface area (Å²) in [7, 11) is 1.46. The van der Waals surface area contributed by atoms with Crippen LogP contribution in [0.5, 0.6) is 0 Å². The van der Waals surface area contributed by atoms with E-state index in [1.165, 1.54) is 7.11 Å². The molecule has 1 saturated heterocycles. The molecule has 6 nitrogen and oxygen atoms in total. The third-order valence-corrected chi connectivity index (χ3v) is 3.09. The maximum Gasteiger partial charge on any atom is 0.376 e. The van der Waals surface area contributed by atoms with E-state index in [0.717, 1.165) is 13.0 Å². The van der Waals surface area contributed by atoms with E-state index >= 15 is 0 Å². The minimum Gasteiger partial charge on any atom is -0.489 e. The Hall–Kier alpha value is -1.27. The molecule has 1 N–H and O–H groups in total. The molecule has 2 heterocycles. The lowest BCUT2D eigenvalue weighted by atomic mass is 10.1. The Balaban J connectivity index is 2.16. The first kappa shape index (κ1) is 14.1. The zero-order chi connectivity index (χ0) is 14.0. The molecule has 0 amide bonds. The maximum atomic E-state index is 11.8. The lowest BCUT2D eigenvalue weighted by molar-refractivity contribution is -0.161. The molecule has 6 heteroatoms. The second kappa shape index (κ2) is 5.38. The van der Waals surface area contributed by atoms with Crippen molar-refractivity contribution in [3.8, 4) is 0 Å². The Labute approximate surface area is 113 Å². The van der Waals surface area contributed by atoms with E-state index in [2.05, 4.69) is 5.32 Å². The Bertz CT molecular complexity index is 390. The molecule has 108 valence electrons. The van der Waals surface area contributed by atoms with Gasteiger partial charge in [-0.3, -0.25) is 0 Å². The van der Waals surface area contributed by atoms with Gasteiger partial charge in [0.1, 0.15) is 11.8 Å². The van der Waals surface area contributed by atoms with Crippen LogP contribution >= 0.6 is 0 Å². The first-order valence-electron chi connectivity index (χ1n) is 6.53. The van der Waals surface area contributed by atoms with Gasteiger partial charge in [0.05, 0.1) is 13.7 Å². The number of nitrogens with one attached hydrogen (secondary N) is 1. The van der Waals surface area contributed by atoms with Gasteiger partial charge in [0, 0.05) is 6.54 Å². The molecule has 0 aromatic heterocycles. The van der Waals surface area contributed by atoms with Crippen LogP contribution in [0.1, 0.15) is 27.2 Å². The molecule has 0 unspecified atom stereocenters. The maximum absolute atomic E-state index is 11.8. The van der Waals surface area contributed by atoms with E-state index in [-0.39, 0.29) is 11.9 Å². The lowest BCUT2D eigenvalue weighted by Gasteiger charge is -2.22. The molecule has 1 fully saturated rings. The highest BCUT2D eigenvalue weighted by Gasteiger charge is 2.46. The van der Waals surface area contributed by atoms with Crippen LogP contribution in [0.15, 0.2) is 11.5 Å². The summed E-state index contributed by atoms with van der Waals surface area (Å²) in [6.07, 6.45) is 0.135. The molecule has 0 aromatic rings. The van der Waals surface area contributed by atoms with Gasteiger partial charge in [-0.25, -0.2) is 4.79 Å². The molecule has 19 heavy (non-hydrogen) atoms. The number of esters is 1. The van der Waals surface area contributed by atoms with E-state index in [0.29, 0.717) is 12.3 Å². The summed E-state index contributed by atoms with van der Waals surface area (Å²) >= 11 is 0. The van der Waals surface area contributed by atoms with Crippen molar-refractivity contribution in [2.45, 2.75) is 45.2 Å². The summed E-state index contributed by atoms with van der Waals surface area (Å²) in [6, 6.07) is 0. The van der Waals surface area contributed by atoms with Gasteiger partial charge in [-0.1, -0.05) is 6.92 Å². The fourth-order valence-corrected chi connectivity index (χ4v) is 2.23. The molecule has 0 saturated carbocycles. The third kappa shape index (κ3) is 2.84. The van der Waals surface area contributed by atoms with Crippen LogP contribution in [-0.4, -0.2) is 44.2 Å². The number of hydrogen-bond acceptors (Lipinski definition) is 6. The van der Waals surface area contributed by atoms with Crippen molar-refractivity contribution >= 4 is 5.97 Å². The van der Waals surface area contributed by atoms with Crippen molar-refractivity contribution < 1.29 is 23.7 Å². The first-order valence-corrected chi connectivity index (χ1v) is 6.53. The number of hydrogen-bond donors (Lipinski definition) is 1. The minimum atomic E-state index is -0.650. The Kier molecular flexibility index (Phi) is 4.01. The standard InChI is InChI=1S/C13H21NO5/c1-5-6-14-9-10(18-12(15)11(9)16-4)8-7-17-13(2,3)19-8/h8,10,14H,5-7H2,1-4H3/t8-,10+/m0/s1. The number of ether oxygens (including phenoxy) is 4. The number of rotatable bonds is 5. The van der Waals surface area contributed by atoms with Gasteiger partial charge in [0.15, 0.2) is 11.9 Å². The molecular formula is C13H21NO5. The molecular weight excluding hydrogens is 250 g/mol. The van der Waals surface area contributed by atoms with Crippen LogP contribution in [0.25, 0.3) is 0 Å². The highest BCUT2D eigenvalue weighted by atomic mass is 16.8. The highest BCUT2D eigenvalue weighted by molar-refractivity contribution is 5.90. The van der Waals surface area contributed by atoms with E-state index in [1.54, 1.807) is 0 Å². The number of methoxy groups -OCH3 is 1. The zero-order valence-electron chi connectivity index (χ0n) is 11.8. The second-order valence-corrected chi connectivity index (χ2v) is 5.07. The smallest absolute Gasteiger partial charge is 0.376 e. The summed E-state index contributed by atoms with van der Waals surface area (Å²) in [5, 5.41) is 3.19. The van der Waals surface area contributed by atoms with Gasteiger partial charge >= 0.3 is 5.97 Å². The summed E-state index contributed by atoms with van der Waals surface area (Å²) < 4.78 is 21.7. The van der Waals surface area contributed by atoms with Gasteiger partial charge in [0.25, 0.3) is 0 Å². The van der Waals surface area contributed by atoms with Crippen LogP contribution in [0.4, 0.5) is 0 Å². The second-order valence-electron chi connectivity index (χ2n) is 5.07. The van der Waals surface area contributed by atoms with Gasteiger partial charge in [0.2, 0.25) is 5.76 Å². The van der Waals surface area contributed by atoms with Crippen molar-refractivity contribution in [3.63, 3.8) is 0 Å². The number of cyclic esters (lactones) is 1. The van der Waals surface area contributed by atoms with Crippen molar-refractivity contribution in [3.05, 3.63) is 11.5 Å². The van der Waals surface area contributed by atoms with Crippen LogP contribution in [0.3, 0.4) is 0 Å². The SMILES string of the molecule is CCCNC1=C(OC)C(=O)O[C@@H]1[C@@H]1COC(C)(C)O1. The number of carbonyl (C=O) groups is 1. The van der Waals surface area contributed by atoms with Gasteiger partial charge < -0.3 is 24.3 Å². The largest absolute Gasteiger partial charge is 0.489 e. The number of carbonyl (C=O) groups excluding carboxylic acids is 1. The highest BCUT2D eigenvalue weighted by Crippen LogP contribution is 2.32. The van der Waals surface area contributed by atoms with E-state index in [4.69, 9.17) is 18.9 Å². The average molecular weight is 271 g/mol. The normalized spacial score (nSPS) is 29.6. The van der Waals surface area contributed by atoms with Crippen LogP contribution in [0, 0.1) is 0 Å². The molecule has 2 aliphatic heterocycles. The fraction of sp³-hybridized carbons (Fsp3) is 0.769. The van der Waals surface area contributed by atoms with Crippen LogP contribution < -0.4 is 5.32 Å².